The first kappa shape index (κ1) is 12.7. The molecule has 94 valence electrons. The molecule has 0 bridgehead atoms. The fraction of sp³-hybridized carbons (Fsp3) is 0.200. The average Bonchev–Trinajstić information content (AvgIpc) is 2.29. The molecule has 0 saturated heterocycles. The van der Waals surface area contributed by atoms with Gasteiger partial charge in [-0.2, -0.15) is 0 Å². The van der Waals surface area contributed by atoms with Crippen LogP contribution in [0.25, 0.3) is 11.1 Å². The Labute approximate surface area is 105 Å². The Bertz CT molecular complexity index is 554. The maximum Gasteiger partial charge on any atom is 0.128 e. The molecule has 18 heavy (non-hydrogen) atoms. The van der Waals surface area contributed by atoms with Crippen LogP contribution in [-0.2, 0) is 5.54 Å². The van der Waals surface area contributed by atoms with E-state index >= 15 is 0 Å². The molecule has 0 saturated carbocycles. The molecule has 0 aliphatic carbocycles. The molecule has 0 aliphatic heterocycles. The van der Waals surface area contributed by atoms with Crippen molar-refractivity contribution in [1.82, 2.24) is 0 Å². The summed E-state index contributed by atoms with van der Waals surface area (Å²) in [5.74, 6) is -0.617. The lowest BCUT2D eigenvalue weighted by atomic mass is 9.92. The molecule has 2 rings (SSSR count). The summed E-state index contributed by atoms with van der Waals surface area (Å²) in [6.45, 7) is 3.50. The molecule has 0 atom stereocenters. The first-order chi connectivity index (χ1) is 8.38. The van der Waals surface area contributed by atoms with Gasteiger partial charge in [0, 0.05) is 11.1 Å². The smallest absolute Gasteiger partial charge is 0.128 e. The second-order valence-electron chi connectivity index (χ2n) is 4.92. The van der Waals surface area contributed by atoms with Gasteiger partial charge in [-0.05, 0) is 49.2 Å². The molecule has 0 fully saturated rings. The third kappa shape index (κ3) is 2.57. The van der Waals surface area contributed by atoms with Crippen LogP contribution in [0.3, 0.4) is 0 Å². The number of rotatable bonds is 2. The highest BCUT2D eigenvalue weighted by Crippen LogP contribution is 2.27. The molecule has 0 aliphatic rings. The van der Waals surface area contributed by atoms with Crippen LogP contribution >= 0.6 is 0 Å². The van der Waals surface area contributed by atoms with Gasteiger partial charge in [-0.25, -0.2) is 8.78 Å². The summed E-state index contributed by atoms with van der Waals surface area (Å²) in [5, 5.41) is 0. The van der Waals surface area contributed by atoms with Gasteiger partial charge in [-0.3, -0.25) is 0 Å². The van der Waals surface area contributed by atoms with Crippen LogP contribution in [0.1, 0.15) is 19.4 Å². The predicted octanol–water partition coefficient (Wildman–Crippen LogP) is 3.83. The number of hydrogen-bond acceptors (Lipinski definition) is 1. The van der Waals surface area contributed by atoms with Crippen molar-refractivity contribution < 1.29 is 8.78 Å². The Hall–Kier alpha value is -1.74. The third-order valence-electron chi connectivity index (χ3n) is 2.84. The van der Waals surface area contributed by atoms with Gasteiger partial charge < -0.3 is 5.73 Å². The van der Waals surface area contributed by atoms with Gasteiger partial charge >= 0.3 is 0 Å². The zero-order chi connectivity index (χ0) is 13.3. The Morgan fingerprint density at radius 1 is 0.889 bits per heavy atom. The topological polar surface area (TPSA) is 26.0 Å². The van der Waals surface area contributed by atoms with Crippen molar-refractivity contribution in [2.75, 3.05) is 0 Å². The van der Waals surface area contributed by atoms with Crippen molar-refractivity contribution in [2.24, 2.45) is 5.73 Å². The summed E-state index contributed by atoms with van der Waals surface area (Å²) in [6, 6.07) is 10.9. The van der Waals surface area contributed by atoms with E-state index in [0.29, 0.717) is 5.56 Å². The fourth-order valence-electron chi connectivity index (χ4n) is 1.84. The number of benzene rings is 2. The zero-order valence-corrected chi connectivity index (χ0v) is 10.4. The highest BCUT2D eigenvalue weighted by Gasteiger charge is 2.19. The van der Waals surface area contributed by atoms with E-state index in [0.717, 1.165) is 11.1 Å². The summed E-state index contributed by atoms with van der Waals surface area (Å²) in [5.41, 5.74) is 7.29. The molecule has 0 aromatic heterocycles. The lowest BCUT2D eigenvalue weighted by Crippen LogP contribution is -2.29. The second-order valence-corrected chi connectivity index (χ2v) is 4.92. The number of nitrogens with two attached hydrogens (primary N) is 1. The van der Waals surface area contributed by atoms with Gasteiger partial charge in [-0.1, -0.05) is 18.2 Å². The van der Waals surface area contributed by atoms with E-state index < -0.39 is 5.54 Å². The van der Waals surface area contributed by atoms with Crippen LogP contribution in [-0.4, -0.2) is 0 Å². The Balaban J connectivity index is 2.50. The SMILES string of the molecule is CC(C)(N)c1cc(-c2ccc(F)cc2)ccc1F. The summed E-state index contributed by atoms with van der Waals surface area (Å²) in [6.07, 6.45) is 0. The minimum Gasteiger partial charge on any atom is -0.322 e. The standard InChI is InChI=1S/C15H15F2N/c1-15(2,18)13-9-11(5-8-14(13)17)10-3-6-12(16)7-4-10/h3-9H,18H2,1-2H3. The fourth-order valence-corrected chi connectivity index (χ4v) is 1.84. The van der Waals surface area contributed by atoms with Gasteiger partial charge in [-0.15, -0.1) is 0 Å². The minimum absolute atomic E-state index is 0.291. The van der Waals surface area contributed by atoms with E-state index in [-0.39, 0.29) is 11.6 Å². The van der Waals surface area contributed by atoms with Crippen molar-refractivity contribution in [2.45, 2.75) is 19.4 Å². The van der Waals surface area contributed by atoms with E-state index in [4.69, 9.17) is 5.73 Å². The van der Waals surface area contributed by atoms with Crippen molar-refractivity contribution in [3.8, 4) is 11.1 Å². The normalized spacial score (nSPS) is 11.6. The van der Waals surface area contributed by atoms with Crippen molar-refractivity contribution >= 4 is 0 Å². The van der Waals surface area contributed by atoms with Crippen LogP contribution in [0.5, 0.6) is 0 Å². The molecule has 0 unspecified atom stereocenters. The second kappa shape index (κ2) is 4.50. The molecule has 1 nitrogen and oxygen atoms in total. The quantitative estimate of drug-likeness (QED) is 0.857. The third-order valence-corrected chi connectivity index (χ3v) is 2.84. The van der Waals surface area contributed by atoms with Crippen LogP contribution in [0, 0.1) is 11.6 Å². The summed E-state index contributed by atoms with van der Waals surface area (Å²) < 4.78 is 26.6. The Kier molecular flexibility index (Phi) is 3.18. The summed E-state index contributed by atoms with van der Waals surface area (Å²) in [4.78, 5) is 0. The van der Waals surface area contributed by atoms with Crippen molar-refractivity contribution in [3.05, 3.63) is 59.7 Å². The van der Waals surface area contributed by atoms with E-state index in [9.17, 15) is 8.78 Å². The molecular formula is C15H15F2N. The van der Waals surface area contributed by atoms with Gasteiger partial charge in [0.15, 0.2) is 0 Å². The van der Waals surface area contributed by atoms with Crippen LogP contribution < -0.4 is 5.73 Å². The lowest BCUT2D eigenvalue weighted by molar-refractivity contribution is 0.502. The highest BCUT2D eigenvalue weighted by molar-refractivity contribution is 5.64. The molecule has 0 amide bonds. The van der Waals surface area contributed by atoms with E-state index in [1.807, 2.05) is 0 Å². The molecule has 0 spiro atoms. The Morgan fingerprint density at radius 3 is 2.00 bits per heavy atom. The van der Waals surface area contributed by atoms with Crippen LogP contribution in [0.2, 0.25) is 0 Å². The highest BCUT2D eigenvalue weighted by atomic mass is 19.1. The maximum atomic E-state index is 13.7. The van der Waals surface area contributed by atoms with Gasteiger partial charge in [0.2, 0.25) is 0 Å². The molecular weight excluding hydrogens is 232 g/mol. The van der Waals surface area contributed by atoms with E-state index in [1.54, 1.807) is 38.1 Å². The minimum atomic E-state index is -0.750. The molecule has 2 aromatic rings. The number of halogens is 2. The van der Waals surface area contributed by atoms with Crippen molar-refractivity contribution in [3.63, 3.8) is 0 Å². The lowest BCUT2D eigenvalue weighted by Gasteiger charge is -2.20. The predicted molar refractivity (Wildman–Crippen MR) is 69.0 cm³/mol. The first-order valence-corrected chi connectivity index (χ1v) is 5.73. The molecule has 0 heterocycles. The summed E-state index contributed by atoms with van der Waals surface area (Å²) >= 11 is 0. The first-order valence-electron chi connectivity index (χ1n) is 5.73. The molecule has 2 aromatic carbocycles. The van der Waals surface area contributed by atoms with Crippen molar-refractivity contribution in [1.29, 1.82) is 0 Å². The largest absolute Gasteiger partial charge is 0.322 e. The van der Waals surface area contributed by atoms with Gasteiger partial charge in [0.05, 0.1) is 0 Å². The summed E-state index contributed by atoms with van der Waals surface area (Å²) in [7, 11) is 0. The van der Waals surface area contributed by atoms with E-state index in [2.05, 4.69) is 0 Å². The molecule has 3 heteroatoms. The van der Waals surface area contributed by atoms with E-state index in [1.165, 1.54) is 18.2 Å². The molecule has 0 radical (unpaired) electrons. The Morgan fingerprint density at radius 2 is 1.44 bits per heavy atom. The van der Waals surface area contributed by atoms with Gasteiger partial charge in [0.25, 0.3) is 0 Å². The maximum absolute atomic E-state index is 13.7. The molecule has 2 N–H and O–H groups in total. The number of hydrogen-bond donors (Lipinski definition) is 1. The van der Waals surface area contributed by atoms with Gasteiger partial charge in [0.1, 0.15) is 11.6 Å². The van der Waals surface area contributed by atoms with Crippen LogP contribution in [0.15, 0.2) is 42.5 Å². The average molecular weight is 247 g/mol. The van der Waals surface area contributed by atoms with Crippen LogP contribution in [0.4, 0.5) is 8.78 Å². The zero-order valence-electron chi connectivity index (χ0n) is 10.4. The monoisotopic (exact) mass is 247 g/mol.